The quantitative estimate of drug-likeness (QED) is 0.763. The number of ketones is 1. The summed E-state index contributed by atoms with van der Waals surface area (Å²) in [7, 11) is -2.10. The lowest BCUT2D eigenvalue weighted by Crippen LogP contribution is -2.40. The van der Waals surface area contributed by atoms with Crippen molar-refractivity contribution >= 4 is 27.4 Å². The van der Waals surface area contributed by atoms with Gasteiger partial charge < -0.3 is 0 Å². The Morgan fingerprint density at radius 2 is 1.80 bits per heavy atom. The van der Waals surface area contributed by atoms with Crippen molar-refractivity contribution in [1.82, 2.24) is 14.1 Å². The summed E-state index contributed by atoms with van der Waals surface area (Å²) in [6, 6.07) is 9.13. The Bertz CT molecular complexity index is 885. The maximum atomic E-state index is 12.9. The molecule has 0 atom stereocenters. The molecule has 8 heteroatoms. The monoisotopic (exact) mass is 381 g/mol. The van der Waals surface area contributed by atoms with Gasteiger partial charge in [0.15, 0.2) is 5.78 Å². The molecule has 134 valence electrons. The van der Waals surface area contributed by atoms with Crippen LogP contribution in [-0.2, 0) is 17.1 Å². The van der Waals surface area contributed by atoms with E-state index in [0.717, 1.165) is 0 Å². The first kappa shape index (κ1) is 18.1. The third kappa shape index (κ3) is 3.36. The Morgan fingerprint density at radius 3 is 2.32 bits per heavy atom. The highest BCUT2D eigenvalue weighted by atomic mass is 35.5. The van der Waals surface area contributed by atoms with Crippen LogP contribution in [0.4, 0.5) is 0 Å². The summed E-state index contributed by atoms with van der Waals surface area (Å²) in [5.74, 6) is -0.0763. The number of carbonyl (C=O) groups is 1. The van der Waals surface area contributed by atoms with Gasteiger partial charge in [-0.05, 0) is 19.8 Å². The summed E-state index contributed by atoms with van der Waals surface area (Å²) in [4.78, 5) is 12.6. The van der Waals surface area contributed by atoms with Crippen LogP contribution in [0.2, 0.25) is 5.15 Å². The third-order valence-corrected chi connectivity index (χ3v) is 7.18. The topological polar surface area (TPSA) is 72.3 Å². The number of aryl methyl sites for hydroxylation is 2. The van der Waals surface area contributed by atoms with Crippen LogP contribution in [0.1, 0.15) is 28.9 Å². The van der Waals surface area contributed by atoms with Gasteiger partial charge in [-0.3, -0.25) is 9.48 Å². The number of hydrogen-bond acceptors (Lipinski definition) is 4. The third-order valence-electron chi connectivity index (χ3n) is 4.58. The molecule has 0 radical (unpaired) electrons. The van der Waals surface area contributed by atoms with Gasteiger partial charge in [0.25, 0.3) is 0 Å². The standard InChI is InChI=1S/C17H20ClN3O3S/c1-12-16(17(18)20(2)19-12)25(23,24)21-10-8-14(9-11-21)15(22)13-6-4-3-5-7-13/h3-7,14H,8-11H2,1-2H3. The van der Waals surface area contributed by atoms with Crippen LogP contribution in [0.15, 0.2) is 35.2 Å². The SMILES string of the molecule is Cc1nn(C)c(Cl)c1S(=O)(=O)N1CCC(C(=O)c2ccccc2)CC1. The lowest BCUT2D eigenvalue weighted by atomic mass is 9.90. The minimum absolute atomic E-state index is 0.0597. The number of carbonyl (C=O) groups excluding carboxylic acids is 1. The van der Waals surface area contributed by atoms with E-state index in [-0.39, 0.29) is 21.7 Å². The minimum Gasteiger partial charge on any atom is -0.294 e. The van der Waals surface area contributed by atoms with Crippen molar-refractivity contribution in [3.8, 4) is 0 Å². The van der Waals surface area contributed by atoms with Gasteiger partial charge in [-0.1, -0.05) is 41.9 Å². The van der Waals surface area contributed by atoms with E-state index in [1.54, 1.807) is 26.1 Å². The molecule has 0 spiro atoms. The fourth-order valence-electron chi connectivity index (χ4n) is 3.23. The average Bonchev–Trinajstić information content (AvgIpc) is 2.87. The second kappa shape index (κ2) is 6.90. The number of rotatable bonds is 4. The van der Waals surface area contributed by atoms with Gasteiger partial charge in [-0.2, -0.15) is 9.40 Å². The smallest absolute Gasteiger partial charge is 0.248 e. The predicted octanol–water partition coefficient (Wildman–Crippen LogP) is 2.67. The summed E-state index contributed by atoms with van der Waals surface area (Å²) in [5.41, 5.74) is 1.06. The van der Waals surface area contributed by atoms with Crippen molar-refractivity contribution in [3.05, 3.63) is 46.7 Å². The first-order chi connectivity index (χ1) is 11.8. The molecule has 0 saturated carbocycles. The van der Waals surface area contributed by atoms with Crippen LogP contribution in [0.3, 0.4) is 0 Å². The zero-order valence-corrected chi connectivity index (χ0v) is 15.7. The first-order valence-electron chi connectivity index (χ1n) is 8.11. The zero-order valence-electron chi connectivity index (χ0n) is 14.1. The molecule has 1 saturated heterocycles. The van der Waals surface area contributed by atoms with Crippen molar-refractivity contribution < 1.29 is 13.2 Å². The Labute approximate surface area is 152 Å². The van der Waals surface area contributed by atoms with Gasteiger partial charge >= 0.3 is 0 Å². The summed E-state index contributed by atoms with van der Waals surface area (Å²) in [5, 5.41) is 4.19. The maximum absolute atomic E-state index is 12.9. The lowest BCUT2D eigenvalue weighted by Gasteiger charge is -2.30. The van der Waals surface area contributed by atoms with Crippen molar-refractivity contribution in [2.24, 2.45) is 13.0 Å². The van der Waals surface area contributed by atoms with Crippen LogP contribution >= 0.6 is 11.6 Å². The molecular weight excluding hydrogens is 362 g/mol. The molecule has 1 aliphatic rings. The molecule has 1 fully saturated rings. The summed E-state index contributed by atoms with van der Waals surface area (Å²) >= 11 is 6.12. The van der Waals surface area contributed by atoms with Crippen LogP contribution in [-0.4, -0.2) is 41.4 Å². The Balaban J connectivity index is 1.75. The van der Waals surface area contributed by atoms with Gasteiger partial charge in [0.1, 0.15) is 10.0 Å². The van der Waals surface area contributed by atoms with Crippen LogP contribution < -0.4 is 0 Å². The number of halogens is 1. The second-order valence-electron chi connectivity index (χ2n) is 6.24. The zero-order chi connectivity index (χ0) is 18.2. The number of piperidine rings is 1. The molecule has 3 rings (SSSR count). The molecular formula is C17H20ClN3O3S. The van der Waals surface area contributed by atoms with Gasteiger partial charge in [0, 0.05) is 31.6 Å². The second-order valence-corrected chi connectivity index (χ2v) is 8.47. The molecule has 1 aromatic heterocycles. The van der Waals surface area contributed by atoms with E-state index in [1.165, 1.54) is 8.99 Å². The highest BCUT2D eigenvalue weighted by molar-refractivity contribution is 7.89. The van der Waals surface area contributed by atoms with E-state index >= 15 is 0 Å². The van der Waals surface area contributed by atoms with Gasteiger partial charge in [0.2, 0.25) is 10.0 Å². The van der Waals surface area contributed by atoms with Gasteiger partial charge in [0.05, 0.1) is 5.69 Å². The number of Topliss-reactive ketones (excluding diaryl/α,β-unsaturated/α-hetero) is 1. The highest BCUT2D eigenvalue weighted by Gasteiger charge is 2.35. The van der Waals surface area contributed by atoms with Gasteiger partial charge in [-0.25, -0.2) is 8.42 Å². The number of benzene rings is 1. The predicted molar refractivity (Wildman–Crippen MR) is 95.2 cm³/mol. The van der Waals surface area contributed by atoms with Crippen molar-refractivity contribution in [1.29, 1.82) is 0 Å². The largest absolute Gasteiger partial charge is 0.294 e. The number of hydrogen-bond donors (Lipinski definition) is 0. The number of sulfonamides is 1. The molecule has 0 N–H and O–H groups in total. The fraction of sp³-hybridized carbons (Fsp3) is 0.412. The van der Waals surface area contributed by atoms with Gasteiger partial charge in [-0.15, -0.1) is 0 Å². The van der Waals surface area contributed by atoms with E-state index < -0.39 is 10.0 Å². The van der Waals surface area contributed by atoms with E-state index in [4.69, 9.17) is 11.6 Å². The fourth-order valence-corrected chi connectivity index (χ4v) is 5.41. The summed E-state index contributed by atoms with van der Waals surface area (Å²) in [6.45, 7) is 2.23. The first-order valence-corrected chi connectivity index (χ1v) is 9.92. The van der Waals surface area contributed by atoms with E-state index in [9.17, 15) is 13.2 Å². The average molecular weight is 382 g/mol. The Morgan fingerprint density at radius 1 is 1.20 bits per heavy atom. The van der Waals surface area contributed by atoms with E-state index in [1.807, 2.05) is 18.2 Å². The van der Waals surface area contributed by atoms with E-state index in [2.05, 4.69) is 5.10 Å². The molecule has 2 aromatic rings. The molecule has 0 amide bonds. The Kier molecular flexibility index (Phi) is 4.99. The lowest BCUT2D eigenvalue weighted by molar-refractivity contribution is 0.0875. The molecule has 6 nitrogen and oxygen atoms in total. The molecule has 1 aliphatic heterocycles. The van der Waals surface area contributed by atoms with Crippen LogP contribution in [0.25, 0.3) is 0 Å². The molecule has 0 aliphatic carbocycles. The summed E-state index contributed by atoms with van der Waals surface area (Å²) in [6.07, 6.45) is 1.01. The van der Waals surface area contributed by atoms with Crippen LogP contribution in [0.5, 0.6) is 0 Å². The minimum atomic E-state index is -3.71. The van der Waals surface area contributed by atoms with Crippen molar-refractivity contribution in [3.63, 3.8) is 0 Å². The molecule has 25 heavy (non-hydrogen) atoms. The summed E-state index contributed by atoms with van der Waals surface area (Å²) < 4.78 is 28.5. The number of nitrogens with zero attached hydrogens (tertiary/aromatic N) is 3. The molecule has 0 unspecified atom stereocenters. The van der Waals surface area contributed by atoms with Crippen molar-refractivity contribution in [2.75, 3.05) is 13.1 Å². The molecule has 2 heterocycles. The maximum Gasteiger partial charge on any atom is 0.248 e. The molecule has 1 aromatic carbocycles. The normalized spacial score (nSPS) is 16.9. The van der Waals surface area contributed by atoms with E-state index in [0.29, 0.717) is 37.2 Å². The molecule has 0 bridgehead atoms. The number of aromatic nitrogens is 2. The Hall–Kier alpha value is -1.70. The highest BCUT2D eigenvalue weighted by Crippen LogP contribution is 2.31. The van der Waals surface area contributed by atoms with Crippen molar-refractivity contribution in [2.45, 2.75) is 24.7 Å². The van der Waals surface area contributed by atoms with Crippen LogP contribution in [0, 0.1) is 12.8 Å².